The molecule has 0 saturated carbocycles. The molecule has 206 valence electrons. The number of halogens is 1. The first-order chi connectivity index (χ1) is 19.4. The van der Waals surface area contributed by atoms with Gasteiger partial charge >= 0.3 is 0 Å². The number of hydrogen-bond acceptors (Lipinski definition) is 6. The summed E-state index contributed by atoms with van der Waals surface area (Å²) in [6.07, 6.45) is 8.21. The van der Waals surface area contributed by atoms with Crippen molar-refractivity contribution in [1.29, 1.82) is 0 Å². The number of nitrogens with zero attached hydrogens (tertiary/aromatic N) is 4. The standard InChI is InChI=1S/C30H32ClN7O2/c1-37(2)14-6-11-27(39)38-15-12-20(13-16-38)29(40)34-21-7-5-8-22(17-21)35-30-33-19-25(31)28(36-30)24-18-32-26-10-4-3-9-23(24)26/h3-11,17-20,32H,12-16H2,1-2H3,(H,34,40)(H,33,35,36). The summed E-state index contributed by atoms with van der Waals surface area (Å²) in [5, 5.41) is 7.72. The number of anilines is 3. The van der Waals surface area contributed by atoms with Crippen LogP contribution in [0, 0.1) is 5.92 Å². The van der Waals surface area contributed by atoms with Crippen molar-refractivity contribution in [2.24, 2.45) is 5.92 Å². The molecule has 3 heterocycles. The fraction of sp³-hybridized carbons (Fsp3) is 0.267. The third kappa shape index (κ3) is 6.50. The van der Waals surface area contributed by atoms with Crippen LogP contribution in [0.3, 0.4) is 0 Å². The van der Waals surface area contributed by atoms with E-state index in [0.29, 0.717) is 54.8 Å². The summed E-state index contributed by atoms with van der Waals surface area (Å²) in [5.74, 6) is 0.197. The van der Waals surface area contributed by atoms with E-state index < -0.39 is 0 Å². The van der Waals surface area contributed by atoms with Crippen LogP contribution in [0.2, 0.25) is 5.02 Å². The molecule has 2 aromatic heterocycles. The molecule has 0 atom stereocenters. The quantitative estimate of drug-likeness (QED) is 0.253. The third-order valence-corrected chi connectivity index (χ3v) is 7.16. The molecule has 9 nitrogen and oxygen atoms in total. The first-order valence-electron chi connectivity index (χ1n) is 13.2. The highest BCUT2D eigenvalue weighted by molar-refractivity contribution is 6.33. The number of aromatic amines is 1. The maximum absolute atomic E-state index is 13.0. The zero-order valence-corrected chi connectivity index (χ0v) is 23.3. The molecule has 0 aliphatic carbocycles. The second-order valence-corrected chi connectivity index (χ2v) is 10.5. The van der Waals surface area contributed by atoms with E-state index in [0.717, 1.165) is 22.2 Å². The molecule has 0 unspecified atom stereocenters. The molecule has 4 aromatic rings. The van der Waals surface area contributed by atoms with Gasteiger partial charge in [-0.05, 0) is 51.2 Å². The van der Waals surface area contributed by atoms with Gasteiger partial charge in [0.2, 0.25) is 17.8 Å². The molecule has 2 amide bonds. The Labute approximate surface area is 238 Å². The van der Waals surface area contributed by atoms with Crippen molar-refractivity contribution >= 4 is 51.6 Å². The molecule has 1 saturated heterocycles. The van der Waals surface area contributed by atoms with Crippen molar-refractivity contribution in [3.63, 3.8) is 0 Å². The number of H-pyrrole nitrogens is 1. The lowest BCUT2D eigenvalue weighted by Gasteiger charge is -2.30. The molecule has 0 spiro atoms. The van der Waals surface area contributed by atoms with Crippen molar-refractivity contribution in [2.75, 3.05) is 44.4 Å². The number of likely N-dealkylation sites (tertiary alicyclic amines) is 1. The van der Waals surface area contributed by atoms with Crippen LogP contribution in [-0.2, 0) is 9.59 Å². The Morgan fingerprint density at radius 3 is 2.70 bits per heavy atom. The second-order valence-electron chi connectivity index (χ2n) is 10.1. The SMILES string of the molecule is CN(C)CC=CC(=O)N1CCC(C(=O)Nc2cccc(Nc3ncc(Cl)c(-c4c[nH]c5ccccc45)n3)c2)CC1. The summed E-state index contributed by atoms with van der Waals surface area (Å²) >= 11 is 6.47. The Hall–Kier alpha value is -4.21. The minimum atomic E-state index is -0.148. The summed E-state index contributed by atoms with van der Waals surface area (Å²) in [4.78, 5) is 41.4. The number of para-hydroxylation sites is 1. The van der Waals surface area contributed by atoms with Gasteiger partial charge in [0.15, 0.2) is 0 Å². The number of nitrogens with one attached hydrogen (secondary N) is 3. The van der Waals surface area contributed by atoms with Gasteiger partial charge in [0.25, 0.3) is 0 Å². The summed E-state index contributed by atoms with van der Waals surface area (Å²) in [7, 11) is 3.91. The maximum atomic E-state index is 13.0. The van der Waals surface area contributed by atoms with Gasteiger partial charge in [0, 0.05) is 65.7 Å². The molecule has 40 heavy (non-hydrogen) atoms. The van der Waals surface area contributed by atoms with E-state index in [2.05, 4.69) is 25.6 Å². The number of likely N-dealkylation sites (N-methyl/N-ethyl adjacent to an activating group) is 1. The van der Waals surface area contributed by atoms with E-state index in [1.807, 2.05) is 79.8 Å². The third-order valence-electron chi connectivity index (χ3n) is 6.88. The number of benzene rings is 2. The van der Waals surface area contributed by atoms with Crippen LogP contribution in [0.4, 0.5) is 17.3 Å². The second kappa shape index (κ2) is 12.3. The number of piperidine rings is 1. The maximum Gasteiger partial charge on any atom is 0.246 e. The Morgan fingerprint density at radius 2 is 1.90 bits per heavy atom. The highest BCUT2D eigenvalue weighted by Gasteiger charge is 2.26. The molecule has 1 fully saturated rings. The van der Waals surface area contributed by atoms with Crippen molar-refractivity contribution < 1.29 is 9.59 Å². The summed E-state index contributed by atoms with van der Waals surface area (Å²) < 4.78 is 0. The van der Waals surface area contributed by atoms with Crippen LogP contribution in [0.25, 0.3) is 22.2 Å². The van der Waals surface area contributed by atoms with Crippen molar-refractivity contribution in [3.8, 4) is 11.3 Å². The minimum Gasteiger partial charge on any atom is -0.360 e. The van der Waals surface area contributed by atoms with Gasteiger partial charge in [0.1, 0.15) is 0 Å². The topological polar surface area (TPSA) is 106 Å². The van der Waals surface area contributed by atoms with Crippen LogP contribution in [0.1, 0.15) is 12.8 Å². The van der Waals surface area contributed by atoms with Crippen molar-refractivity contribution in [2.45, 2.75) is 12.8 Å². The fourth-order valence-electron chi connectivity index (χ4n) is 4.76. The fourth-order valence-corrected chi connectivity index (χ4v) is 4.96. The number of hydrogen-bond donors (Lipinski definition) is 3. The molecule has 0 bridgehead atoms. The Morgan fingerprint density at radius 1 is 1.12 bits per heavy atom. The summed E-state index contributed by atoms with van der Waals surface area (Å²) in [6.45, 7) is 1.85. The van der Waals surface area contributed by atoms with Crippen LogP contribution in [-0.4, -0.2) is 70.3 Å². The molecule has 0 radical (unpaired) electrons. The first-order valence-corrected chi connectivity index (χ1v) is 13.6. The van der Waals surface area contributed by atoms with E-state index in [-0.39, 0.29) is 17.7 Å². The number of aromatic nitrogens is 3. The lowest BCUT2D eigenvalue weighted by Crippen LogP contribution is -2.40. The van der Waals surface area contributed by atoms with E-state index in [1.165, 1.54) is 0 Å². The minimum absolute atomic E-state index is 0.00301. The highest BCUT2D eigenvalue weighted by Crippen LogP contribution is 2.33. The lowest BCUT2D eigenvalue weighted by molar-refractivity contribution is -0.130. The monoisotopic (exact) mass is 557 g/mol. The largest absolute Gasteiger partial charge is 0.360 e. The Balaban J connectivity index is 1.20. The van der Waals surface area contributed by atoms with Gasteiger partial charge in [-0.15, -0.1) is 0 Å². The van der Waals surface area contributed by atoms with Gasteiger partial charge < -0.3 is 25.4 Å². The van der Waals surface area contributed by atoms with E-state index in [4.69, 9.17) is 11.6 Å². The van der Waals surface area contributed by atoms with Gasteiger partial charge in [-0.1, -0.05) is 41.9 Å². The molecule has 5 rings (SSSR count). The van der Waals surface area contributed by atoms with Gasteiger partial charge in [-0.2, -0.15) is 0 Å². The molecule has 2 aromatic carbocycles. The molecule has 3 N–H and O–H groups in total. The molecule has 1 aliphatic heterocycles. The normalized spacial score (nSPS) is 14.2. The Kier molecular flexibility index (Phi) is 8.42. The van der Waals surface area contributed by atoms with E-state index >= 15 is 0 Å². The van der Waals surface area contributed by atoms with Crippen molar-refractivity contribution in [1.82, 2.24) is 24.8 Å². The average Bonchev–Trinajstić information content (AvgIpc) is 3.38. The molecular formula is C30H32ClN7O2. The first kappa shape index (κ1) is 27.4. The smallest absolute Gasteiger partial charge is 0.246 e. The predicted octanol–water partition coefficient (Wildman–Crippen LogP) is 5.32. The van der Waals surface area contributed by atoms with Crippen molar-refractivity contribution in [3.05, 3.63) is 78.1 Å². The number of fused-ring (bicyclic) bond motifs is 1. The zero-order valence-electron chi connectivity index (χ0n) is 22.5. The zero-order chi connectivity index (χ0) is 28.1. The highest BCUT2D eigenvalue weighted by atomic mass is 35.5. The summed E-state index contributed by atoms with van der Waals surface area (Å²) in [5.41, 5.74) is 3.92. The summed E-state index contributed by atoms with van der Waals surface area (Å²) in [6, 6.07) is 15.4. The lowest BCUT2D eigenvalue weighted by atomic mass is 9.95. The average molecular weight is 558 g/mol. The van der Waals surface area contributed by atoms with E-state index in [1.54, 1.807) is 17.2 Å². The molecule has 10 heteroatoms. The number of carbonyl (C=O) groups excluding carboxylic acids is 2. The predicted molar refractivity (Wildman–Crippen MR) is 160 cm³/mol. The Bertz CT molecular complexity index is 1540. The van der Waals surface area contributed by atoms with Gasteiger partial charge in [-0.3, -0.25) is 9.59 Å². The molecule has 1 aliphatic rings. The molecular weight excluding hydrogens is 526 g/mol. The van der Waals surface area contributed by atoms with Crippen LogP contribution < -0.4 is 10.6 Å². The van der Waals surface area contributed by atoms with Crippen LogP contribution >= 0.6 is 11.6 Å². The van der Waals surface area contributed by atoms with Gasteiger partial charge in [-0.25, -0.2) is 9.97 Å². The number of amides is 2. The van der Waals surface area contributed by atoms with Crippen LogP contribution in [0.5, 0.6) is 0 Å². The number of carbonyl (C=O) groups is 2. The van der Waals surface area contributed by atoms with E-state index in [9.17, 15) is 9.59 Å². The number of rotatable bonds is 8. The van der Waals surface area contributed by atoms with Gasteiger partial charge in [0.05, 0.1) is 16.9 Å². The van der Waals surface area contributed by atoms with Crippen LogP contribution in [0.15, 0.2) is 73.1 Å².